The smallest absolute Gasteiger partial charge is 0.340 e. The van der Waals surface area contributed by atoms with E-state index in [0.29, 0.717) is 22.4 Å². The van der Waals surface area contributed by atoms with Crippen LogP contribution in [0.25, 0.3) is 0 Å². The Morgan fingerprint density at radius 1 is 1.13 bits per heavy atom. The highest BCUT2D eigenvalue weighted by molar-refractivity contribution is 9.10. The van der Waals surface area contributed by atoms with E-state index in [0.717, 1.165) is 40.8 Å². The van der Waals surface area contributed by atoms with Gasteiger partial charge in [0.25, 0.3) is 0 Å². The topological polar surface area (TPSA) is 62.9 Å². The van der Waals surface area contributed by atoms with Gasteiger partial charge < -0.3 is 14.4 Å². The first-order chi connectivity index (χ1) is 14.4. The number of hydrogen-bond acceptors (Lipinski definition) is 5. The maximum atomic E-state index is 13.2. The molecule has 6 nitrogen and oxygen atoms in total. The summed E-state index contributed by atoms with van der Waals surface area (Å²) >= 11 is 3.73. The maximum absolute atomic E-state index is 13.2. The van der Waals surface area contributed by atoms with E-state index in [1.807, 2.05) is 48.5 Å². The van der Waals surface area contributed by atoms with Gasteiger partial charge in [-0.25, -0.2) is 4.79 Å². The third-order valence-electron chi connectivity index (χ3n) is 6.66. The summed E-state index contributed by atoms with van der Waals surface area (Å²) in [5, 5.41) is 10.8. The van der Waals surface area contributed by atoms with Crippen LogP contribution in [0.15, 0.2) is 4.47 Å². The molecule has 3 rings (SSSR count). The van der Waals surface area contributed by atoms with E-state index in [-0.39, 0.29) is 6.10 Å². The Labute approximate surface area is 195 Å². The lowest BCUT2D eigenvalue weighted by Gasteiger charge is -2.49. The van der Waals surface area contributed by atoms with Gasteiger partial charge in [0.2, 0.25) is 11.4 Å². The Kier molecular flexibility index (Phi) is 6.97. The Morgan fingerprint density at radius 2 is 1.71 bits per heavy atom. The molecule has 0 radical (unpaired) electrons. The molecule has 1 atom stereocenters. The first-order valence-corrected chi connectivity index (χ1v) is 12.2. The second-order valence-corrected chi connectivity index (χ2v) is 11.3. The van der Waals surface area contributed by atoms with Crippen LogP contribution in [0.4, 0.5) is 5.69 Å². The Balaban J connectivity index is 2.10. The monoisotopic (exact) mass is 497 g/mol. The minimum Gasteiger partial charge on any atom is -0.461 e. The molecule has 1 aromatic heterocycles. The number of anilines is 1. The zero-order valence-corrected chi connectivity index (χ0v) is 21.6. The van der Waals surface area contributed by atoms with Crippen molar-refractivity contribution in [2.24, 2.45) is 5.41 Å². The van der Waals surface area contributed by atoms with Crippen LogP contribution in [0.3, 0.4) is 0 Å². The predicted octanol–water partition coefficient (Wildman–Crippen LogP) is 5.17. The second-order valence-electron chi connectivity index (χ2n) is 10.5. The molecule has 1 spiro atoms. The van der Waals surface area contributed by atoms with Crippen LogP contribution in [0.1, 0.15) is 89.8 Å². The first-order valence-electron chi connectivity index (χ1n) is 11.4. The molecular formula is C24H38BrN2O4+. The largest absolute Gasteiger partial charge is 0.461 e. The quantitative estimate of drug-likeness (QED) is 0.345. The number of carbonyl (C=O) groups is 1. The molecular weight excluding hydrogens is 460 g/mol. The van der Waals surface area contributed by atoms with Crippen LogP contribution in [0, 0.1) is 19.3 Å². The van der Waals surface area contributed by atoms with E-state index in [1.165, 1.54) is 19.3 Å². The van der Waals surface area contributed by atoms with Crippen molar-refractivity contribution < 1.29 is 24.2 Å². The van der Waals surface area contributed by atoms with Crippen molar-refractivity contribution in [1.82, 2.24) is 0 Å². The van der Waals surface area contributed by atoms with Crippen molar-refractivity contribution in [2.75, 3.05) is 18.0 Å². The summed E-state index contributed by atoms with van der Waals surface area (Å²) in [5.41, 5.74) is 2.84. The number of nitrogens with zero attached hydrogens (tertiary/aromatic N) is 2. The van der Waals surface area contributed by atoms with Crippen LogP contribution in [0.2, 0.25) is 0 Å². The van der Waals surface area contributed by atoms with E-state index in [9.17, 15) is 10.0 Å². The molecule has 2 fully saturated rings. The van der Waals surface area contributed by atoms with Gasteiger partial charge in [0.1, 0.15) is 4.47 Å². The van der Waals surface area contributed by atoms with E-state index in [4.69, 9.17) is 9.47 Å². The lowest BCUT2D eigenvalue weighted by atomic mass is 9.63. The summed E-state index contributed by atoms with van der Waals surface area (Å²) in [6.45, 7) is 15.0. The van der Waals surface area contributed by atoms with Crippen molar-refractivity contribution in [1.29, 1.82) is 0 Å². The van der Waals surface area contributed by atoms with Gasteiger partial charge in [-0.05, 0) is 81.6 Å². The first kappa shape index (κ1) is 24.3. The van der Waals surface area contributed by atoms with Gasteiger partial charge in [-0.3, -0.25) is 5.21 Å². The minimum atomic E-state index is -0.938. The van der Waals surface area contributed by atoms with Crippen LogP contribution >= 0.6 is 15.9 Å². The van der Waals surface area contributed by atoms with Crippen molar-refractivity contribution in [3.63, 3.8) is 0 Å². The van der Waals surface area contributed by atoms with E-state index < -0.39 is 17.7 Å². The standard InChI is InChI=1S/C24H38BrN2O4/c1-15(2)30-22(28)21(31-23(5,6)7)18-16(3)27(29)17(4)19(25)20(18)26-13-11-24(12-14-26)9-8-10-24/h15,21,29H,8-14H2,1-7H3/q+1/t21-/m0/s1. The molecule has 0 bridgehead atoms. The molecule has 1 aliphatic heterocycles. The summed E-state index contributed by atoms with van der Waals surface area (Å²) < 4.78 is 13.8. The van der Waals surface area contributed by atoms with Crippen molar-refractivity contribution in [2.45, 2.75) is 98.4 Å². The van der Waals surface area contributed by atoms with Crippen molar-refractivity contribution in [3.8, 4) is 0 Å². The fourth-order valence-corrected chi connectivity index (χ4v) is 5.43. The van der Waals surface area contributed by atoms with Crippen LogP contribution < -0.4 is 9.63 Å². The number of halogens is 1. The number of carbonyl (C=O) groups excluding carboxylic acids is 1. The highest BCUT2D eigenvalue weighted by Crippen LogP contribution is 2.50. The molecule has 1 aromatic rings. The number of pyridine rings is 1. The second kappa shape index (κ2) is 8.89. The summed E-state index contributed by atoms with van der Waals surface area (Å²) in [6.07, 6.45) is 5.12. The molecule has 31 heavy (non-hydrogen) atoms. The molecule has 1 aliphatic carbocycles. The van der Waals surface area contributed by atoms with E-state index in [2.05, 4.69) is 20.8 Å². The maximum Gasteiger partial charge on any atom is 0.340 e. The SMILES string of the molecule is Cc1c(Br)c(N2CCC3(CCC3)CC2)c([C@H](OC(C)(C)C)C(=O)OC(C)C)c(C)[n+]1O. The van der Waals surface area contributed by atoms with Crippen LogP contribution in [-0.2, 0) is 14.3 Å². The van der Waals surface area contributed by atoms with Gasteiger partial charge >= 0.3 is 5.97 Å². The van der Waals surface area contributed by atoms with Gasteiger partial charge in [0.15, 0.2) is 6.10 Å². The average Bonchev–Trinajstić information content (AvgIpc) is 2.65. The minimum absolute atomic E-state index is 0.258. The summed E-state index contributed by atoms with van der Waals surface area (Å²) in [5.74, 6) is -0.433. The number of hydrogen-bond donors (Lipinski definition) is 1. The molecule has 1 saturated carbocycles. The van der Waals surface area contributed by atoms with Gasteiger partial charge in [-0.1, -0.05) is 6.42 Å². The summed E-state index contributed by atoms with van der Waals surface area (Å²) in [6, 6.07) is 0. The predicted molar refractivity (Wildman–Crippen MR) is 124 cm³/mol. The summed E-state index contributed by atoms with van der Waals surface area (Å²) in [7, 11) is 0. The lowest BCUT2D eigenvalue weighted by molar-refractivity contribution is -0.913. The lowest BCUT2D eigenvalue weighted by Crippen LogP contribution is -2.46. The molecule has 0 amide bonds. The number of rotatable bonds is 5. The molecule has 7 heteroatoms. The molecule has 2 heterocycles. The van der Waals surface area contributed by atoms with Crippen molar-refractivity contribution >= 4 is 27.6 Å². The van der Waals surface area contributed by atoms with E-state index >= 15 is 0 Å². The Morgan fingerprint density at radius 3 is 2.16 bits per heavy atom. The van der Waals surface area contributed by atoms with Gasteiger partial charge in [0.05, 0.1) is 23.0 Å². The summed E-state index contributed by atoms with van der Waals surface area (Å²) in [4.78, 5) is 15.6. The molecule has 1 N–H and O–H groups in total. The zero-order chi connectivity index (χ0) is 23.1. The van der Waals surface area contributed by atoms with Gasteiger partial charge in [-0.2, -0.15) is 0 Å². The number of aromatic nitrogens is 1. The van der Waals surface area contributed by atoms with E-state index in [1.54, 1.807) is 0 Å². The molecule has 174 valence electrons. The normalized spacial score (nSPS) is 19.5. The van der Waals surface area contributed by atoms with Crippen LogP contribution in [-0.4, -0.2) is 36.0 Å². The Bertz CT molecular complexity index is 833. The Hall–Kier alpha value is -1.34. The third-order valence-corrected chi connectivity index (χ3v) is 7.61. The van der Waals surface area contributed by atoms with Gasteiger partial charge in [0, 0.05) is 31.7 Å². The molecule has 0 unspecified atom stereocenters. The van der Waals surface area contributed by atoms with Gasteiger partial charge in [-0.15, -0.1) is 0 Å². The average molecular weight is 498 g/mol. The van der Waals surface area contributed by atoms with Crippen molar-refractivity contribution in [3.05, 3.63) is 21.4 Å². The highest BCUT2D eigenvalue weighted by atomic mass is 79.9. The number of piperidine rings is 1. The van der Waals surface area contributed by atoms with Crippen LogP contribution in [0.5, 0.6) is 0 Å². The third kappa shape index (κ3) is 5.03. The fourth-order valence-electron chi connectivity index (χ4n) is 4.80. The number of esters is 1. The molecule has 1 saturated heterocycles. The number of ether oxygens (including phenoxy) is 2. The molecule has 0 aromatic carbocycles. The fraction of sp³-hybridized carbons (Fsp3) is 0.750. The highest BCUT2D eigenvalue weighted by Gasteiger charge is 2.43. The molecule has 2 aliphatic rings. The zero-order valence-electron chi connectivity index (χ0n) is 20.0.